The first-order valence-corrected chi connectivity index (χ1v) is 8.42. The third-order valence-corrected chi connectivity index (χ3v) is 4.55. The van der Waals surface area contributed by atoms with E-state index in [1.807, 2.05) is 0 Å². The molecule has 146 valence electrons. The Morgan fingerprint density at radius 2 is 1.71 bits per heavy atom. The second-order valence-corrected chi connectivity index (χ2v) is 6.26. The summed E-state index contributed by atoms with van der Waals surface area (Å²) >= 11 is 0. The van der Waals surface area contributed by atoms with E-state index in [1.54, 1.807) is 6.92 Å². The first kappa shape index (κ1) is 19.4. The SMILES string of the molecule is CCC1(c2ccc(F)cc2)NC(=O)N(CC(=O)Nc2cc(F)ccc2F)C1=O. The van der Waals surface area contributed by atoms with Crippen molar-refractivity contribution in [2.45, 2.75) is 18.9 Å². The summed E-state index contributed by atoms with van der Waals surface area (Å²) in [4.78, 5) is 38.1. The van der Waals surface area contributed by atoms with Gasteiger partial charge in [0, 0.05) is 6.07 Å². The molecule has 0 aliphatic carbocycles. The van der Waals surface area contributed by atoms with Gasteiger partial charge in [0.1, 0.15) is 29.5 Å². The third kappa shape index (κ3) is 3.42. The molecule has 1 atom stereocenters. The fourth-order valence-corrected chi connectivity index (χ4v) is 3.07. The van der Waals surface area contributed by atoms with E-state index in [4.69, 9.17) is 0 Å². The van der Waals surface area contributed by atoms with Crippen molar-refractivity contribution in [1.82, 2.24) is 10.2 Å². The third-order valence-electron chi connectivity index (χ3n) is 4.55. The number of carbonyl (C=O) groups is 3. The molecule has 0 radical (unpaired) electrons. The van der Waals surface area contributed by atoms with Crippen LogP contribution in [0.25, 0.3) is 0 Å². The number of amides is 4. The van der Waals surface area contributed by atoms with Gasteiger partial charge in [-0.2, -0.15) is 0 Å². The molecule has 6 nitrogen and oxygen atoms in total. The maximum Gasteiger partial charge on any atom is 0.325 e. The van der Waals surface area contributed by atoms with Crippen LogP contribution in [0.5, 0.6) is 0 Å². The summed E-state index contributed by atoms with van der Waals surface area (Å²) < 4.78 is 40.1. The Morgan fingerprint density at radius 1 is 1.07 bits per heavy atom. The number of nitrogens with one attached hydrogen (secondary N) is 2. The molecule has 1 unspecified atom stereocenters. The molecular formula is C19H16F3N3O3. The highest BCUT2D eigenvalue weighted by atomic mass is 19.1. The van der Waals surface area contributed by atoms with Crippen LogP contribution in [0.2, 0.25) is 0 Å². The van der Waals surface area contributed by atoms with Crippen LogP contribution in [0.4, 0.5) is 23.7 Å². The van der Waals surface area contributed by atoms with Gasteiger partial charge in [0.2, 0.25) is 5.91 Å². The van der Waals surface area contributed by atoms with Crippen molar-refractivity contribution in [1.29, 1.82) is 0 Å². The highest BCUT2D eigenvalue weighted by Crippen LogP contribution is 2.32. The summed E-state index contributed by atoms with van der Waals surface area (Å²) in [7, 11) is 0. The van der Waals surface area contributed by atoms with Crippen molar-refractivity contribution in [3.63, 3.8) is 0 Å². The molecule has 1 fully saturated rings. The molecule has 1 aliphatic heterocycles. The van der Waals surface area contributed by atoms with E-state index < -0.39 is 53.1 Å². The highest BCUT2D eigenvalue weighted by Gasteiger charge is 2.51. The zero-order valence-electron chi connectivity index (χ0n) is 14.8. The van der Waals surface area contributed by atoms with Crippen molar-refractivity contribution in [3.8, 4) is 0 Å². The van der Waals surface area contributed by atoms with E-state index in [9.17, 15) is 27.6 Å². The lowest BCUT2D eigenvalue weighted by Gasteiger charge is -2.25. The molecule has 2 aromatic carbocycles. The predicted octanol–water partition coefficient (Wildman–Crippen LogP) is 2.90. The lowest BCUT2D eigenvalue weighted by atomic mass is 9.87. The minimum Gasteiger partial charge on any atom is -0.322 e. The van der Waals surface area contributed by atoms with E-state index in [0.29, 0.717) is 10.5 Å². The fourth-order valence-electron chi connectivity index (χ4n) is 3.07. The van der Waals surface area contributed by atoms with Gasteiger partial charge < -0.3 is 10.6 Å². The number of urea groups is 1. The number of carbonyl (C=O) groups excluding carboxylic acids is 3. The molecule has 28 heavy (non-hydrogen) atoms. The number of rotatable bonds is 5. The van der Waals surface area contributed by atoms with Crippen molar-refractivity contribution in [3.05, 3.63) is 65.5 Å². The average Bonchev–Trinajstić information content (AvgIpc) is 2.90. The number of anilines is 1. The van der Waals surface area contributed by atoms with Gasteiger partial charge >= 0.3 is 6.03 Å². The van der Waals surface area contributed by atoms with Gasteiger partial charge in [-0.25, -0.2) is 18.0 Å². The molecule has 0 spiro atoms. The van der Waals surface area contributed by atoms with Gasteiger partial charge in [-0.3, -0.25) is 14.5 Å². The zero-order chi connectivity index (χ0) is 20.5. The Labute approximate surface area is 158 Å². The summed E-state index contributed by atoms with van der Waals surface area (Å²) in [5.74, 6) is -3.69. The van der Waals surface area contributed by atoms with Crippen LogP contribution in [0.3, 0.4) is 0 Å². The Hall–Kier alpha value is -3.36. The standard InChI is InChI=1S/C19H16F3N3O3/c1-2-19(11-3-5-12(20)6-4-11)17(27)25(18(28)24-19)10-16(26)23-15-9-13(21)7-8-14(15)22/h3-9H,2,10H2,1H3,(H,23,26)(H,24,28). The van der Waals surface area contributed by atoms with Crippen molar-refractivity contribution < 1.29 is 27.6 Å². The van der Waals surface area contributed by atoms with Crippen LogP contribution in [0.15, 0.2) is 42.5 Å². The maximum absolute atomic E-state index is 13.7. The predicted molar refractivity (Wildman–Crippen MR) is 93.6 cm³/mol. The first-order chi connectivity index (χ1) is 13.3. The average molecular weight is 391 g/mol. The quantitative estimate of drug-likeness (QED) is 0.770. The van der Waals surface area contributed by atoms with Crippen LogP contribution in [0.1, 0.15) is 18.9 Å². The lowest BCUT2D eigenvalue weighted by Crippen LogP contribution is -2.44. The molecule has 1 heterocycles. The number of hydrogen-bond donors (Lipinski definition) is 2. The Bertz CT molecular complexity index is 949. The molecule has 9 heteroatoms. The molecule has 0 bridgehead atoms. The molecule has 0 saturated carbocycles. The van der Waals surface area contributed by atoms with Crippen LogP contribution < -0.4 is 10.6 Å². The second-order valence-electron chi connectivity index (χ2n) is 6.26. The Kier molecular flexibility index (Phi) is 5.08. The van der Waals surface area contributed by atoms with Crippen molar-refractivity contribution in [2.24, 2.45) is 0 Å². The summed E-state index contributed by atoms with van der Waals surface area (Å²) in [6.07, 6.45) is 0.167. The van der Waals surface area contributed by atoms with Crippen LogP contribution >= 0.6 is 0 Å². The van der Waals surface area contributed by atoms with E-state index in [-0.39, 0.29) is 6.42 Å². The lowest BCUT2D eigenvalue weighted by molar-refractivity contribution is -0.134. The molecule has 2 N–H and O–H groups in total. The normalized spacial score (nSPS) is 18.9. The zero-order valence-corrected chi connectivity index (χ0v) is 14.8. The summed E-state index contributed by atoms with van der Waals surface area (Å²) in [6.45, 7) is 0.969. The van der Waals surface area contributed by atoms with E-state index in [1.165, 1.54) is 12.1 Å². The topological polar surface area (TPSA) is 78.5 Å². The Morgan fingerprint density at radius 3 is 2.36 bits per heavy atom. The molecule has 1 aliphatic rings. The Balaban J connectivity index is 1.80. The highest BCUT2D eigenvalue weighted by molar-refractivity contribution is 6.10. The molecule has 0 aromatic heterocycles. The van der Waals surface area contributed by atoms with Gasteiger partial charge in [0.05, 0.1) is 5.69 Å². The van der Waals surface area contributed by atoms with Crippen molar-refractivity contribution in [2.75, 3.05) is 11.9 Å². The minimum atomic E-state index is -1.44. The van der Waals surface area contributed by atoms with E-state index >= 15 is 0 Å². The molecule has 3 rings (SSSR count). The van der Waals surface area contributed by atoms with Crippen LogP contribution in [0, 0.1) is 17.5 Å². The number of nitrogens with zero attached hydrogens (tertiary/aromatic N) is 1. The van der Waals surface area contributed by atoms with E-state index in [0.717, 1.165) is 30.3 Å². The van der Waals surface area contributed by atoms with Gasteiger partial charge in [0.15, 0.2) is 0 Å². The first-order valence-electron chi connectivity index (χ1n) is 8.42. The summed E-state index contributed by atoms with van der Waals surface area (Å²) in [5.41, 5.74) is -1.47. The van der Waals surface area contributed by atoms with Crippen LogP contribution in [-0.4, -0.2) is 29.3 Å². The molecular weight excluding hydrogens is 375 g/mol. The second kappa shape index (κ2) is 7.34. The van der Waals surface area contributed by atoms with E-state index in [2.05, 4.69) is 10.6 Å². The maximum atomic E-state index is 13.7. The monoisotopic (exact) mass is 391 g/mol. The number of halogens is 3. The van der Waals surface area contributed by atoms with Crippen molar-refractivity contribution >= 4 is 23.5 Å². The smallest absolute Gasteiger partial charge is 0.322 e. The summed E-state index contributed by atoms with van der Waals surface area (Å²) in [6, 6.07) is 6.78. The fraction of sp³-hybridized carbons (Fsp3) is 0.211. The molecule has 2 aromatic rings. The number of hydrogen-bond acceptors (Lipinski definition) is 3. The minimum absolute atomic E-state index is 0.167. The number of imide groups is 1. The summed E-state index contributed by atoms with van der Waals surface area (Å²) in [5, 5.41) is 4.68. The largest absolute Gasteiger partial charge is 0.325 e. The van der Waals surface area contributed by atoms with Gasteiger partial charge in [-0.05, 0) is 36.2 Å². The molecule has 4 amide bonds. The van der Waals surface area contributed by atoms with Gasteiger partial charge in [-0.15, -0.1) is 0 Å². The molecule has 1 saturated heterocycles. The van der Waals surface area contributed by atoms with Crippen LogP contribution in [-0.2, 0) is 15.1 Å². The van der Waals surface area contributed by atoms with Gasteiger partial charge in [0.25, 0.3) is 5.91 Å². The number of benzene rings is 2. The van der Waals surface area contributed by atoms with Gasteiger partial charge in [-0.1, -0.05) is 19.1 Å².